The molecule has 1 amide bonds. The number of benzene rings is 2. The molecule has 0 N–H and O–H groups in total. The fraction of sp³-hybridized carbons (Fsp3) is 0.263. The Kier molecular flexibility index (Phi) is 4.35. The van der Waals surface area contributed by atoms with E-state index in [9.17, 15) is 4.79 Å². The van der Waals surface area contributed by atoms with Crippen molar-refractivity contribution in [2.75, 3.05) is 18.6 Å². The number of carbonyl (C=O) groups is 1. The summed E-state index contributed by atoms with van der Waals surface area (Å²) in [5, 5.41) is 11.2. The van der Waals surface area contributed by atoms with E-state index in [0.717, 1.165) is 12.2 Å². The lowest BCUT2D eigenvalue weighted by molar-refractivity contribution is 0.0985. The molecule has 1 fully saturated rings. The molecule has 7 heteroatoms. The van der Waals surface area contributed by atoms with Gasteiger partial charge in [-0.05, 0) is 59.5 Å². The van der Waals surface area contributed by atoms with Crippen molar-refractivity contribution >= 4 is 11.6 Å². The highest BCUT2D eigenvalue weighted by molar-refractivity contribution is 6.06. The standard InChI is InChI=1S/C19H19N5O2/c1-26-18-10-9-15(11-17(18)24-13-20-21-22-24)19(25)23(12-14-7-8-14)16-5-3-2-4-6-16/h2-6,9-11,13-14H,7-8,12H2,1H3. The average molecular weight is 349 g/mol. The summed E-state index contributed by atoms with van der Waals surface area (Å²) in [6, 6.07) is 15.1. The number of rotatable bonds is 6. The number of carbonyl (C=O) groups excluding carboxylic acids is 1. The van der Waals surface area contributed by atoms with Crippen LogP contribution in [0.3, 0.4) is 0 Å². The summed E-state index contributed by atoms with van der Waals surface area (Å²) in [5.41, 5.74) is 2.10. The molecule has 0 spiro atoms. The van der Waals surface area contributed by atoms with E-state index in [0.29, 0.717) is 22.9 Å². The van der Waals surface area contributed by atoms with Gasteiger partial charge in [0.05, 0.1) is 7.11 Å². The largest absolute Gasteiger partial charge is 0.494 e. The Balaban J connectivity index is 1.70. The molecule has 0 bridgehead atoms. The maximum absolute atomic E-state index is 13.3. The molecule has 1 heterocycles. The first-order chi connectivity index (χ1) is 12.8. The van der Waals surface area contributed by atoms with Crippen LogP contribution in [-0.4, -0.2) is 39.8 Å². The number of nitrogens with zero attached hydrogens (tertiary/aromatic N) is 5. The number of hydrogen-bond donors (Lipinski definition) is 0. The van der Waals surface area contributed by atoms with Crippen molar-refractivity contribution in [1.82, 2.24) is 20.2 Å². The Morgan fingerprint density at radius 1 is 1.23 bits per heavy atom. The van der Waals surface area contributed by atoms with Gasteiger partial charge in [-0.2, -0.15) is 4.68 Å². The summed E-state index contributed by atoms with van der Waals surface area (Å²) in [5.74, 6) is 1.14. The monoisotopic (exact) mass is 349 g/mol. The minimum Gasteiger partial charge on any atom is -0.494 e. The van der Waals surface area contributed by atoms with E-state index < -0.39 is 0 Å². The van der Waals surface area contributed by atoms with Gasteiger partial charge in [0, 0.05) is 17.8 Å². The second-order valence-electron chi connectivity index (χ2n) is 6.34. The maximum atomic E-state index is 13.3. The molecule has 0 saturated heterocycles. The fourth-order valence-electron chi connectivity index (χ4n) is 2.90. The van der Waals surface area contributed by atoms with E-state index in [1.807, 2.05) is 35.2 Å². The van der Waals surface area contributed by atoms with E-state index >= 15 is 0 Å². The molecule has 1 aromatic heterocycles. The van der Waals surface area contributed by atoms with Gasteiger partial charge >= 0.3 is 0 Å². The van der Waals surface area contributed by atoms with E-state index in [2.05, 4.69) is 15.5 Å². The van der Waals surface area contributed by atoms with Crippen molar-refractivity contribution in [2.24, 2.45) is 5.92 Å². The summed E-state index contributed by atoms with van der Waals surface area (Å²) in [6.45, 7) is 0.731. The maximum Gasteiger partial charge on any atom is 0.258 e. The average Bonchev–Trinajstić information content (AvgIpc) is 3.35. The Labute approximate surface area is 151 Å². The number of aromatic nitrogens is 4. The second-order valence-corrected chi connectivity index (χ2v) is 6.34. The molecular formula is C19H19N5O2. The molecule has 4 rings (SSSR count). The van der Waals surface area contributed by atoms with Crippen LogP contribution in [0, 0.1) is 5.92 Å². The summed E-state index contributed by atoms with van der Waals surface area (Å²) >= 11 is 0. The van der Waals surface area contributed by atoms with Crippen molar-refractivity contribution in [3.05, 3.63) is 60.4 Å². The molecule has 26 heavy (non-hydrogen) atoms. The number of ether oxygens (including phenoxy) is 1. The lowest BCUT2D eigenvalue weighted by Gasteiger charge is -2.23. The topological polar surface area (TPSA) is 73.1 Å². The van der Waals surface area contributed by atoms with Gasteiger partial charge in [0.1, 0.15) is 17.8 Å². The van der Waals surface area contributed by atoms with Crippen LogP contribution in [0.25, 0.3) is 5.69 Å². The van der Waals surface area contributed by atoms with E-state index in [1.165, 1.54) is 23.9 Å². The third-order valence-corrected chi connectivity index (χ3v) is 4.47. The molecule has 1 saturated carbocycles. The molecule has 1 aliphatic carbocycles. The van der Waals surface area contributed by atoms with E-state index in [4.69, 9.17) is 4.74 Å². The number of hydrogen-bond acceptors (Lipinski definition) is 5. The van der Waals surface area contributed by atoms with E-state index in [1.54, 1.807) is 25.3 Å². The molecule has 2 aromatic carbocycles. The van der Waals surface area contributed by atoms with Gasteiger partial charge in [-0.3, -0.25) is 4.79 Å². The molecule has 0 radical (unpaired) electrons. The third kappa shape index (κ3) is 3.28. The van der Waals surface area contributed by atoms with Crippen LogP contribution < -0.4 is 9.64 Å². The van der Waals surface area contributed by atoms with Crippen LogP contribution in [-0.2, 0) is 0 Å². The molecule has 7 nitrogen and oxygen atoms in total. The zero-order valence-electron chi connectivity index (χ0n) is 14.4. The number of amides is 1. The lowest BCUT2D eigenvalue weighted by Crippen LogP contribution is -2.33. The highest BCUT2D eigenvalue weighted by Crippen LogP contribution is 2.32. The summed E-state index contributed by atoms with van der Waals surface area (Å²) < 4.78 is 6.87. The van der Waals surface area contributed by atoms with Gasteiger partial charge in [-0.15, -0.1) is 5.10 Å². The SMILES string of the molecule is COc1ccc(C(=O)N(CC2CC2)c2ccccc2)cc1-n1cnnn1. The first kappa shape index (κ1) is 16.3. The predicted molar refractivity (Wildman–Crippen MR) is 96.5 cm³/mol. The quantitative estimate of drug-likeness (QED) is 0.684. The van der Waals surface area contributed by atoms with Crippen molar-refractivity contribution in [1.29, 1.82) is 0 Å². The molecule has 0 aliphatic heterocycles. The van der Waals surface area contributed by atoms with Crippen LogP contribution in [0.15, 0.2) is 54.9 Å². The van der Waals surface area contributed by atoms with Gasteiger partial charge in [0.2, 0.25) is 0 Å². The Morgan fingerprint density at radius 3 is 2.69 bits per heavy atom. The minimum atomic E-state index is -0.0416. The van der Waals surface area contributed by atoms with E-state index in [-0.39, 0.29) is 5.91 Å². The number of methoxy groups -OCH3 is 1. The van der Waals surface area contributed by atoms with Crippen LogP contribution in [0.1, 0.15) is 23.2 Å². The fourth-order valence-corrected chi connectivity index (χ4v) is 2.90. The first-order valence-electron chi connectivity index (χ1n) is 8.54. The molecule has 132 valence electrons. The van der Waals surface area contributed by atoms with Gasteiger partial charge in [-0.1, -0.05) is 18.2 Å². The van der Waals surface area contributed by atoms with Crippen molar-refractivity contribution < 1.29 is 9.53 Å². The van der Waals surface area contributed by atoms with Crippen LogP contribution in [0.2, 0.25) is 0 Å². The summed E-state index contributed by atoms with van der Waals surface area (Å²) in [6.07, 6.45) is 3.83. The first-order valence-corrected chi connectivity index (χ1v) is 8.54. The summed E-state index contributed by atoms with van der Waals surface area (Å²) in [4.78, 5) is 15.1. The minimum absolute atomic E-state index is 0.0416. The number of para-hydroxylation sites is 1. The number of tetrazole rings is 1. The summed E-state index contributed by atoms with van der Waals surface area (Å²) in [7, 11) is 1.58. The normalized spacial score (nSPS) is 13.4. The Hall–Kier alpha value is -3.22. The molecule has 0 atom stereocenters. The van der Waals surface area contributed by atoms with Gasteiger partial charge in [-0.25, -0.2) is 0 Å². The highest BCUT2D eigenvalue weighted by atomic mass is 16.5. The predicted octanol–water partition coefficient (Wildman–Crippen LogP) is 2.73. The third-order valence-electron chi connectivity index (χ3n) is 4.47. The van der Waals surface area contributed by atoms with Crippen molar-refractivity contribution in [3.8, 4) is 11.4 Å². The van der Waals surface area contributed by atoms with Crippen LogP contribution >= 0.6 is 0 Å². The Morgan fingerprint density at radius 2 is 2.04 bits per heavy atom. The van der Waals surface area contributed by atoms with Crippen molar-refractivity contribution in [3.63, 3.8) is 0 Å². The molecule has 1 aliphatic rings. The second kappa shape index (κ2) is 6.95. The van der Waals surface area contributed by atoms with Gasteiger partial charge in [0.15, 0.2) is 0 Å². The zero-order valence-corrected chi connectivity index (χ0v) is 14.4. The van der Waals surface area contributed by atoms with Gasteiger partial charge in [0.25, 0.3) is 5.91 Å². The molecule has 3 aromatic rings. The van der Waals surface area contributed by atoms with Gasteiger partial charge < -0.3 is 9.64 Å². The van der Waals surface area contributed by atoms with Crippen LogP contribution in [0.4, 0.5) is 5.69 Å². The number of anilines is 1. The van der Waals surface area contributed by atoms with Crippen LogP contribution in [0.5, 0.6) is 5.75 Å². The smallest absolute Gasteiger partial charge is 0.258 e. The van der Waals surface area contributed by atoms with Crippen molar-refractivity contribution in [2.45, 2.75) is 12.8 Å². The highest BCUT2D eigenvalue weighted by Gasteiger charge is 2.28. The molecular weight excluding hydrogens is 330 g/mol. The molecule has 0 unspecified atom stereocenters. The Bertz CT molecular complexity index is 892. The lowest BCUT2D eigenvalue weighted by atomic mass is 10.1. The zero-order chi connectivity index (χ0) is 17.9.